The topological polar surface area (TPSA) is 140 Å². The highest BCUT2D eigenvalue weighted by atomic mass is 16.5. The Morgan fingerprint density at radius 2 is 1.51 bits per heavy atom. The molecule has 0 radical (unpaired) electrons. The third kappa shape index (κ3) is 8.05. The van der Waals surface area contributed by atoms with Crippen molar-refractivity contribution in [2.24, 2.45) is 23.3 Å². The minimum Gasteiger partial charge on any atom is -0.497 e. The third-order valence-corrected chi connectivity index (χ3v) is 7.69. The number of nitrogens with two attached hydrogens (primary N) is 2. The molecule has 1 heterocycles. The summed E-state index contributed by atoms with van der Waals surface area (Å²) >= 11 is 0. The number of fused-ring (bicyclic) bond motifs is 1. The Labute approximate surface area is 241 Å². The van der Waals surface area contributed by atoms with Crippen molar-refractivity contribution < 1.29 is 19.1 Å². The summed E-state index contributed by atoms with van der Waals surface area (Å²) in [6.45, 7) is 1.77. The fourth-order valence-electron chi connectivity index (χ4n) is 5.32. The van der Waals surface area contributed by atoms with Gasteiger partial charge >= 0.3 is 0 Å². The summed E-state index contributed by atoms with van der Waals surface area (Å²) in [7, 11) is 1.60. The van der Waals surface area contributed by atoms with Crippen LogP contribution in [0.25, 0.3) is 10.8 Å². The molecule has 1 aliphatic heterocycles. The van der Waals surface area contributed by atoms with Crippen LogP contribution in [0.15, 0.2) is 66.7 Å². The van der Waals surface area contributed by atoms with Gasteiger partial charge in [-0.2, -0.15) is 0 Å². The molecule has 0 saturated carbocycles. The van der Waals surface area contributed by atoms with Crippen molar-refractivity contribution in [2.45, 2.75) is 31.7 Å². The first kappa shape index (κ1) is 30.0. The van der Waals surface area contributed by atoms with Crippen LogP contribution < -0.4 is 26.8 Å². The molecule has 218 valence electrons. The third-order valence-electron chi connectivity index (χ3n) is 7.69. The second-order valence-corrected chi connectivity index (χ2v) is 10.6. The molecular formula is C32H41N5O4. The molecule has 3 amide bonds. The maximum Gasteiger partial charge on any atom is 0.239 e. The van der Waals surface area contributed by atoms with E-state index in [9.17, 15) is 14.4 Å². The van der Waals surface area contributed by atoms with Crippen LogP contribution in [0.2, 0.25) is 0 Å². The minimum atomic E-state index is -0.786. The maximum atomic E-state index is 13.3. The lowest BCUT2D eigenvalue weighted by molar-refractivity contribution is -0.132. The molecule has 9 nitrogen and oxygen atoms in total. The predicted octanol–water partition coefficient (Wildman–Crippen LogP) is 2.01. The largest absolute Gasteiger partial charge is 0.497 e. The van der Waals surface area contributed by atoms with E-state index >= 15 is 0 Å². The van der Waals surface area contributed by atoms with E-state index in [1.165, 1.54) is 5.39 Å². The van der Waals surface area contributed by atoms with E-state index in [2.05, 4.69) is 41.0 Å². The van der Waals surface area contributed by atoms with E-state index in [0.29, 0.717) is 32.5 Å². The van der Waals surface area contributed by atoms with Crippen molar-refractivity contribution in [1.82, 2.24) is 15.5 Å². The van der Waals surface area contributed by atoms with Crippen molar-refractivity contribution >= 4 is 28.5 Å². The number of carbonyl (C=O) groups is 3. The van der Waals surface area contributed by atoms with E-state index in [0.717, 1.165) is 35.1 Å². The molecule has 4 rings (SSSR count). The van der Waals surface area contributed by atoms with Gasteiger partial charge in [-0.05, 0) is 66.3 Å². The van der Waals surface area contributed by atoms with E-state index in [-0.39, 0.29) is 30.8 Å². The summed E-state index contributed by atoms with van der Waals surface area (Å²) in [5, 5.41) is 8.25. The number of benzene rings is 3. The summed E-state index contributed by atoms with van der Waals surface area (Å²) in [6.07, 6.45) is 2.56. The molecule has 3 atom stereocenters. The molecule has 3 aromatic rings. The highest BCUT2D eigenvalue weighted by molar-refractivity contribution is 5.91. The number of likely N-dealkylation sites (tertiary alicyclic amines) is 1. The van der Waals surface area contributed by atoms with E-state index in [4.69, 9.17) is 16.2 Å². The number of amides is 3. The van der Waals surface area contributed by atoms with Gasteiger partial charge in [-0.1, -0.05) is 54.6 Å². The fraction of sp³-hybridized carbons (Fsp3) is 0.406. The number of unbranched alkanes of at least 4 members (excludes halogenated alkanes) is 1. The summed E-state index contributed by atoms with van der Waals surface area (Å²) in [5.41, 5.74) is 13.9. The van der Waals surface area contributed by atoms with Gasteiger partial charge in [-0.25, -0.2) is 0 Å². The SMILES string of the molecule is COc1ccc(C[C@H](N)C(=O)N2C[C@@H](C(=O)NCCCCN)[C@H](C(=O)NCCc3ccc4ccccc4c3)C2)cc1. The number of methoxy groups -OCH3 is 1. The van der Waals surface area contributed by atoms with Gasteiger partial charge < -0.3 is 31.7 Å². The summed E-state index contributed by atoms with van der Waals surface area (Å²) in [5.74, 6) is -1.30. The molecule has 9 heteroatoms. The number of carbonyl (C=O) groups excluding carboxylic acids is 3. The van der Waals surface area contributed by atoms with E-state index in [1.54, 1.807) is 12.0 Å². The Bertz CT molecular complexity index is 1330. The summed E-state index contributed by atoms with van der Waals surface area (Å²) in [6, 6.07) is 21.0. The predicted molar refractivity (Wildman–Crippen MR) is 160 cm³/mol. The van der Waals surface area contributed by atoms with Crippen LogP contribution in [0.5, 0.6) is 5.75 Å². The van der Waals surface area contributed by atoms with Crippen molar-refractivity contribution in [1.29, 1.82) is 0 Å². The van der Waals surface area contributed by atoms with Gasteiger partial charge in [0, 0.05) is 26.2 Å². The summed E-state index contributed by atoms with van der Waals surface area (Å²) in [4.78, 5) is 41.3. The van der Waals surface area contributed by atoms with E-state index in [1.807, 2.05) is 36.4 Å². The second-order valence-electron chi connectivity index (χ2n) is 10.6. The Morgan fingerprint density at radius 3 is 2.17 bits per heavy atom. The number of ether oxygens (including phenoxy) is 1. The van der Waals surface area contributed by atoms with Crippen LogP contribution in [0.1, 0.15) is 24.0 Å². The van der Waals surface area contributed by atoms with Crippen LogP contribution in [0, 0.1) is 11.8 Å². The molecule has 0 spiro atoms. The number of hydrogen-bond donors (Lipinski definition) is 4. The number of nitrogens with zero attached hydrogens (tertiary/aromatic N) is 1. The lowest BCUT2D eigenvalue weighted by atomic mass is 9.94. The van der Waals surface area contributed by atoms with Gasteiger partial charge in [0.1, 0.15) is 5.75 Å². The highest BCUT2D eigenvalue weighted by Gasteiger charge is 2.44. The normalized spacial score (nSPS) is 17.3. The number of nitrogens with one attached hydrogen (secondary N) is 2. The van der Waals surface area contributed by atoms with Crippen molar-refractivity contribution in [3.63, 3.8) is 0 Å². The van der Waals surface area contributed by atoms with Crippen LogP contribution in [0.4, 0.5) is 0 Å². The molecule has 6 N–H and O–H groups in total. The Balaban J connectivity index is 1.38. The zero-order valence-electron chi connectivity index (χ0n) is 23.7. The lowest BCUT2D eigenvalue weighted by Crippen LogP contribution is -2.44. The van der Waals surface area contributed by atoms with Gasteiger partial charge in [-0.3, -0.25) is 14.4 Å². The average Bonchev–Trinajstić information content (AvgIpc) is 3.45. The van der Waals surface area contributed by atoms with E-state index < -0.39 is 17.9 Å². The van der Waals surface area contributed by atoms with Crippen LogP contribution in [-0.2, 0) is 27.2 Å². The van der Waals surface area contributed by atoms with Crippen LogP contribution in [-0.4, -0.2) is 68.5 Å². The van der Waals surface area contributed by atoms with Gasteiger partial charge in [0.15, 0.2) is 0 Å². The summed E-state index contributed by atoms with van der Waals surface area (Å²) < 4.78 is 5.19. The highest BCUT2D eigenvalue weighted by Crippen LogP contribution is 2.25. The Morgan fingerprint density at radius 1 is 0.878 bits per heavy atom. The second kappa shape index (κ2) is 14.6. The fourth-order valence-corrected chi connectivity index (χ4v) is 5.32. The van der Waals surface area contributed by atoms with Crippen molar-refractivity contribution in [3.8, 4) is 5.75 Å². The molecule has 41 heavy (non-hydrogen) atoms. The average molecular weight is 560 g/mol. The molecule has 1 fully saturated rings. The quantitative estimate of drug-likeness (QED) is 0.236. The van der Waals surface area contributed by atoms with Crippen molar-refractivity contribution in [2.75, 3.05) is 39.8 Å². The zero-order chi connectivity index (χ0) is 29.2. The number of rotatable bonds is 13. The Hall–Kier alpha value is -3.95. The van der Waals surface area contributed by atoms with Gasteiger partial charge in [0.25, 0.3) is 0 Å². The standard InChI is InChI=1S/C32H41N5O4/c1-41-26-12-9-22(10-13-26)19-29(34)32(40)37-20-27(30(38)35-16-5-4-15-33)28(21-37)31(39)36-17-14-23-8-11-24-6-2-3-7-25(24)18-23/h2-3,6-13,18,27-29H,4-5,14-17,19-21,33-34H2,1H3,(H,35,38)(H,36,39)/t27-,28-,29+/m1/s1. The monoisotopic (exact) mass is 559 g/mol. The minimum absolute atomic E-state index is 0.151. The number of hydrogen-bond acceptors (Lipinski definition) is 6. The molecular weight excluding hydrogens is 518 g/mol. The van der Waals surface area contributed by atoms with Crippen molar-refractivity contribution in [3.05, 3.63) is 77.9 Å². The molecule has 0 aliphatic carbocycles. The maximum absolute atomic E-state index is 13.3. The molecule has 1 saturated heterocycles. The van der Waals surface area contributed by atoms with Crippen LogP contribution >= 0.6 is 0 Å². The zero-order valence-corrected chi connectivity index (χ0v) is 23.7. The molecule has 0 unspecified atom stereocenters. The molecule has 0 bridgehead atoms. The first-order chi connectivity index (χ1) is 19.9. The molecule has 3 aromatic carbocycles. The molecule has 0 aromatic heterocycles. The van der Waals surface area contributed by atoms with Gasteiger partial charge in [0.05, 0.1) is 25.0 Å². The smallest absolute Gasteiger partial charge is 0.239 e. The van der Waals surface area contributed by atoms with Gasteiger partial charge in [-0.15, -0.1) is 0 Å². The first-order valence-corrected chi connectivity index (χ1v) is 14.3. The van der Waals surface area contributed by atoms with Gasteiger partial charge in [0.2, 0.25) is 17.7 Å². The first-order valence-electron chi connectivity index (χ1n) is 14.3. The molecule has 1 aliphatic rings. The van der Waals surface area contributed by atoms with Crippen LogP contribution in [0.3, 0.4) is 0 Å². The Kier molecular flexibility index (Phi) is 10.7. The lowest BCUT2D eigenvalue weighted by Gasteiger charge is -2.21.